The second kappa shape index (κ2) is 5.81. The number of ketones is 1. The lowest BCUT2D eigenvalue weighted by atomic mass is 9.89. The number of carbonyl (C=O) groups excluding carboxylic acids is 1. The molecule has 0 saturated carbocycles. The number of nitrogens with zero attached hydrogens (tertiary/aromatic N) is 2. The fraction of sp³-hybridized carbons (Fsp3) is 0.130. The number of allylic oxidation sites excluding steroid dienone is 2. The van der Waals surface area contributed by atoms with Crippen LogP contribution in [0.15, 0.2) is 78.0 Å². The number of fused-ring (bicyclic) bond motifs is 4. The van der Waals surface area contributed by atoms with Crippen molar-refractivity contribution < 1.29 is 4.79 Å². The number of rotatable bonds is 2. The molecule has 1 atom stereocenters. The molecule has 0 amide bonds. The molecule has 2 heterocycles. The van der Waals surface area contributed by atoms with Crippen LogP contribution in [-0.4, -0.2) is 15.3 Å². The number of carbonyl (C=O) groups is 1. The molecule has 0 unspecified atom stereocenters. The summed E-state index contributed by atoms with van der Waals surface area (Å²) < 4.78 is 2.15. The number of Topliss-reactive ketones (excluding diaryl/α,β-unsaturated/α-hetero) is 1. The Hall–Kier alpha value is -3.40. The fourth-order valence-corrected chi connectivity index (χ4v) is 4.20. The molecule has 0 saturated heterocycles. The molecule has 1 aliphatic rings. The molecule has 0 fully saturated rings. The SMILES string of the molecule is CC(=O)C1=C(C)Nc2nc3ccccc3n2[C@@H]1c1cccc2ccccc12. The third kappa shape index (κ3) is 2.30. The van der Waals surface area contributed by atoms with Crippen molar-refractivity contribution in [3.63, 3.8) is 0 Å². The Morgan fingerprint density at radius 1 is 1.00 bits per heavy atom. The highest BCUT2D eigenvalue weighted by molar-refractivity contribution is 5.99. The minimum atomic E-state index is -0.211. The largest absolute Gasteiger partial charge is 0.329 e. The maximum absolute atomic E-state index is 12.7. The number of nitrogens with one attached hydrogen (secondary N) is 1. The molecule has 1 aromatic heterocycles. The summed E-state index contributed by atoms with van der Waals surface area (Å²) in [6.07, 6.45) is 0. The van der Waals surface area contributed by atoms with Crippen molar-refractivity contribution in [2.75, 3.05) is 5.32 Å². The zero-order chi connectivity index (χ0) is 18.5. The van der Waals surface area contributed by atoms with E-state index < -0.39 is 0 Å². The monoisotopic (exact) mass is 353 g/mol. The van der Waals surface area contributed by atoms with E-state index in [9.17, 15) is 4.79 Å². The maximum Gasteiger partial charge on any atom is 0.209 e. The van der Waals surface area contributed by atoms with E-state index in [-0.39, 0.29) is 11.8 Å². The number of anilines is 1. The van der Waals surface area contributed by atoms with Crippen molar-refractivity contribution in [2.45, 2.75) is 19.9 Å². The minimum Gasteiger partial charge on any atom is -0.329 e. The van der Waals surface area contributed by atoms with Gasteiger partial charge in [0.15, 0.2) is 5.78 Å². The molecule has 3 aromatic carbocycles. The van der Waals surface area contributed by atoms with E-state index in [0.29, 0.717) is 0 Å². The van der Waals surface area contributed by atoms with Gasteiger partial charge in [-0.25, -0.2) is 4.98 Å². The Labute approximate surface area is 157 Å². The molecule has 4 aromatic rings. The predicted octanol–water partition coefficient (Wildman–Crippen LogP) is 5.07. The molecule has 4 heteroatoms. The predicted molar refractivity (Wildman–Crippen MR) is 109 cm³/mol. The van der Waals surface area contributed by atoms with Gasteiger partial charge in [-0.3, -0.25) is 9.36 Å². The molecule has 1 aliphatic heterocycles. The Bertz CT molecular complexity index is 1240. The summed E-state index contributed by atoms with van der Waals surface area (Å²) in [5.74, 6) is 0.845. The van der Waals surface area contributed by atoms with Crippen LogP contribution >= 0.6 is 0 Å². The summed E-state index contributed by atoms with van der Waals surface area (Å²) in [6.45, 7) is 3.60. The lowest BCUT2D eigenvalue weighted by molar-refractivity contribution is -0.114. The molecule has 0 bridgehead atoms. The number of imidazole rings is 1. The summed E-state index contributed by atoms with van der Waals surface area (Å²) in [6, 6.07) is 22.5. The Kier molecular flexibility index (Phi) is 3.41. The van der Waals surface area contributed by atoms with E-state index in [1.54, 1.807) is 6.92 Å². The second-order valence-corrected chi connectivity index (χ2v) is 6.98. The minimum absolute atomic E-state index is 0.0707. The third-order valence-corrected chi connectivity index (χ3v) is 5.33. The van der Waals surface area contributed by atoms with E-state index in [4.69, 9.17) is 4.98 Å². The Morgan fingerprint density at radius 2 is 1.74 bits per heavy atom. The van der Waals surface area contributed by atoms with Crippen molar-refractivity contribution in [3.8, 4) is 0 Å². The molecule has 132 valence electrons. The fourth-order valence-electron chi connectivity index (χ4n) is 4.20. The Morgan fingerprint density at radius 3 is 2.59 bits per heavy atom. The number of benzene rings is 3. The van der Waals surface area contributed by atoms with Crippen molar-refractivity contribution in [3.05, 3.63) is 83.6 Å². The van der Waals surface area contributed by atoms with Gasteiger partial charge in [-0.05, 0) is 42.3 Å². The summed E-state index contributed by atoms with van der Waals surface area (Å²) in [4.78, 5) is 17.4. The zero-order valence-corrected chi connectivity index (χ0v) is 15.2. The first-order valence-corrected chi connectivity index (χ1v) is 9.08. The average molecular weight is 353 g/mol. The van der Waals surface area contributed by atoms with Crippen LogP contribution < -0.4 is 5.32 Å². The van der Waals surface area contributed by atoms with E-state index in [2.05, 4.69) is 46.3 Å². The number of hydrogen-bond donors (Lipinski definition) is 1. The van der Waals surface area contributed by atoms with Crippen LogP contribution in [0.25, 0.3) is 21.8 Å². The summed E-state index contributed by atoms with van der Waals surface area (Å²) in [5.41, 5.74) is 4.70. The lowest BCUT2D eigenvalue weighted by Gasteiger charge is -2.31. The van der Waals surface area contributed by atoms with Gasteiger partial charge in [0.05, 0.1) is 17.1 Å². The van der Waals surface area contributed by atoms with Gasteiger partial charge < -0.3 is 5.32 Å². The summed E-state index contributed by atoms with van der Waals surface area (Å²) in [7, 11) is 0. The van der Waals surface area contributed by atoms with Crippen molar-refractivity contribution in [1.82, 2.24) is 9.55 Å². The van der Waals surface area contributed by atoms with Crippen molar-refractivity contribution in [2.24, 2.45) is 0 Å². The van der Waals surface area contributed by atoms with Crippen LogP contribution in [-0.2, 0) is 4.79 Å². The molecule has 1 N–H and O–H groups in total. The van der Waals surface area contributed by atoms with Crippen LogP contribution in [0.1, 0.15) is 25.5 Å². The van der Waals surface area contributed by atoms with Gasteiger partial charge in [0, 0.05) is 11.3 Å². The van der Waals surface area contributed by atoms with Gasteiger partial charge in [-0.1, -0.05) is 54.6 Å². The first-order valence-electron chi connectivity index (χ1n) is 9.08. The zero-order valence-electron chi connectivity index (χ0n) is 15.2. The molecule has 4 nitrogen and oxygen atoms in total. The molecule has 27 heavy (non-hydrogen) atoms. The van der Waals surface area contributed by atoms with Crippen LogP contribution in [0.3, 0.4) is 0 Å². The van der Waals surface area contributed by atoms with Gasteiger partial charge in [-0.2, -0.15) is 0 Å². The summed E-state index contributed by atoms with van der Waals surface area (Å²) in [5, 5.41) is 5.66. The van der Waals surface area contributed by atoms with E-state index in [1.807, 2.05) is 37.3 Å². The van der Waals surface area contributed by atoms with Crippen LogP contribution in [0, 0.1) is 0 Å². The molecular formula is C23H19N3O. The van der Waals surface area contributed by atoms with Gasteiger partial charge in [0.1, 0.15) is 0 Å². The highest BCUT2D eigenvalue weighted by atomic mass is 16.1. The van der Waals surface area contributed by atoms with Crippen LogP contribution in [0.4, 0.5) is 5.95 Å². The first kappa shape index (κ1) is 15.8. The number of aromatic nitrogens is 2. The van der Waals surface area contributed by atoms with Crippen molar-refractivity contribution >= 4 is 33.5 Å². The quantitative estimate of drug-likeness (QED) is 0.547. The van der Waals surface area contributed by atoms with Gasteiger partial charge >= 0.3 is 0 Å². The van der Waals surface area contributed by atoms with Crippen LogP contribution in [0.2, 0.25) is 0 Å². The standard InChI is InChI=1S/C23H19N3O/c1-14-21(15(2)27)22(18-11-7-9-16-8-3-4-10-17(16)18)26-20-13-6-5-12-19(20)25-23(26)24-14/h3-13,22H,1-2H3,(H,24,25)/t22-/m1/s1. The van der Waals surface area contributed by atoms with Gasteiger partial charge in [-0.15, -0.1) is 0 Å². The molecule has 0 radical (unpaired) electrons. The smallest absolute Gasteiger partial charge is 0.209 e. The van der Waals surface area contributed by atoms with E-state index in [1.165, 1.54) is 5.39 Å². The highest BCUT2D eigenvalue weighted by Gasteiger charge is 2.33. The molecule has 5 rings (SSSR count). The topological polar surface area (TPSA) is 46.9 Å². The normalized spacial score (nSPS) is 16.4. The number of para-hydroxylation sites is 2. The van der Waals surface area contributed by atoms with E-state index >= 15 is 0 Å². The van der Waals surface area contributed by atoms with E-state index in [0.717, 1.165) is 39.2 Å². The lowest BCUT2D eigenvalue weighted by Crippen LogP contribution is -2.27. The van der Waals surface area contributed by atoms with Crippen molar-refractivity contribution in [1.29, 1.82) is 0 Å². The Balaban J connectivity index is 1.89. The molecule has 0 aliphatic carbocycles. The maximum atomic E-state index is 12.7. The molecule has 0 spiro atoms. The third-order valence-electron chi connectivity index (χ3n) is 5.33. The second-order valence-electron chi connectivity index (χ2n) is 6.98. The highest BCUT2D eigenvalue weighted by Crippen LogP contribution is 2.41. The van der Waals surface area contributed by atoms with Gasteiger partial charge in [0.2, 0.25) is 5.95 Å². The average Bonchev–Trinajstić information content (AvgIpc) is 3.04. The summed E-state index contributed by atoms with van der Waals surface area (Å²) >= 11 is 0. The number of hydrogen-bond acceptors (Lipinski definition) is 3. The van der Waals surface area contributed by atoms with Crippen LogP contribution in [0.5, 0.6) is 0 Å². The molecular weight excluding hydrogens is 334 g/mol. The van der Waals surface area contributed by atoms with Gasteiger partial charge in [0.25, 0.3) is 0 Å². The first-order chi connectivity index (χ1) is 13.1.